The Kier molecular flexibility index (Phi) is 3.88. The molecule has 0 aliphatic carbocycles. The number of nitrogens with zero attached hydrogens (tertiary/aromatic N) is 1. The molecule has 0 aromatic carbocycles. The molecule has 1 heterocycles. The summed E-state index contributed by atoms with van der Waals surface area (Å²) in [7, 11) is -1.04. The number of nitrogens with two attached hydrogens (primary N) is 1. The predicted octanol–water partition coefficient (Wildman–Crippen LogP) is 1.46. The molecule has 0 amide bonds. The lowest BCUT2D eigenvalue weighted by molar-refractivity contribution is 0.685. The van der Waals surface area contributed by atoms with Gasteiger partial charge in [0.25, 0.3) is 0 Å². The minimum atomic E-state index is -1.04. The van der Waals surface area contributed by atoms with Crippen LogP contribution < -0.4 is 10.5 Å². The van der Waals surface area contributed by atoms with Crippen molar-refractivity contribution >= 4 is 22.5 Å². The van der Waals surface area contributed by atoms with Crippen LogP contribution in [0.2, 0.25) is 0 Å². The van der Waals surface area contributed by atoms with Crippen molar-refractivity contribution in [3.63, 3.8) is 0 Å². The molecule has 0 radical (unpaired) electrons. The van der Waals surface area contributed by atoms with Gasteiger partial charge in [-0.15, -0.1) is 0 Å². The van der Waals surface area contributed by atoms with Crippen LogP contribution in [-0.2, 0) is 11.0 Å². The maximum Gasteiger partial charge on any atom is 0.140 e. The molecule has 0 bridgehead atoms. The summed E-state index contributed by atoms with van der Waals surface area (Å²) in [5, 5.41) is 0. The Hall–Kier alpha value is -1.10. The number of rotatable bonds is 4. The largest absolute Gasteiger partial charge is 0.397 e. The number of anilines is 2. The Morgan fingerprint density at radius 3 is 2.93 bits per heavy atom. The van der Waals surface area contributed by atoms with E-state index in [1.54, 1.807) is 12.3 Å². The Morgan fingerprint density at radius 2 is 2.36 bits per heavy atom. The van der Waals surface area contributed by atoms with E-state index in [9.17, 15) is 4.21 Å². The van der Waals surface area contributed by atoms with E-state index in [1.807, 2.05) is 13.8 Å². The van der Waals surface area contributed by atoms with E-state index >= 15 is 0 Å². The molecule has 14 heavy (non-hydrogen) atoms. The fraction of sp³-hybridized carbons (Fsp3) is 0.444. The molecule has 0 saturated carbocycles. The van der Waals surface area contributed by atoms with Crippen LogP contribution in [0, 0.1) is 6.92 Å². The summed E-state index contributed by atoms with van der Waals surface area (Å²) < 4.78 is 14.2. The van der Waals surface area contributed by atoms with Gasteiger partial charge in [0.2, 0.25) is 0 Å². The number of hydrogen-bond donors (Lipinski definition) is 2. The third-order valence-electron chi connectivity index (χ3n) is 1.70. The summed E-state index contributed by atoms with van der Waals surface area (Å²) in [4.78, 5) is 4.07. The van der Waals surface area contributed by atoms with Gasteiger partial charge in [0.1, 0.15) is 16.8 Å². The van der Waals surface area contributed by atoms with Crippen molar-refractivity contribution in [2.24, 2.45) is 0 Å². The van der Waals surface area contributed by atoms with E-state index in [0.29, 0.717) is 17.3 Å². The van der Waals surface area contributed by atoms with Gasteiger partial charge in [-0.1, -0.05) is 6.92 Å². The second-order valence-corrected chi connectivity index (χ2v) is 4.39. The zero-order valence-corrected chi connectivity index (χ0v) is 9.23. The van der Waals surface area contributed by atoms with Crippen LogP contribution in [0.5, 0.6) is 0 Å². The highest BCUT2D eigenvalue weighted by Gasteiger charge is 2.03. The molecule has 1 unspecified atom stereocenters. The summed E-state index contributed by atoms with van der Waals surface area (Å²) in [5.41, 5.74) is 7.08. The topological polar surface area (TPSA) is 68.0 Å². The highest BCUT2D eigenvalue weighted by Crippen LogP contribution is 2.14. The molecule has 0 aliphatic heterocycles. The molecule has 1 atom stereocenters. The van der Waals surface area contributed by atoms with Crippen LogP contribution in [0.4, 0.5) is 11.5 Å². The van der Waals surface area contributed by atoms with Gasteiger partial charge in [-0.25, -0.2) is 9.19 Å². The molecule has 0 aliphatic rings. The van der Waals surface area contributed by atoms with Gasteiger partial charge in [0, 0.05) is 5.75 Å². The first kappa shape index (κ1) is 11.0. The van der Waals surface area contributed by atoms with E-state index in [-0.39, 0.29) is 0 Å². The Morgan fingerprint density at radius 1 is 1.64 bits per heavy atom. The van der Waals surface area contributed by atoms with Gasteiger partial charge in [-0.3, -0.25) is 4.72 Å². The Balaban J connectivity index is 2.72. The smallest absolute Gasteiger partial charge is 0.140 e. The van der Waals surface area contributed by atoms with Crippen LogP contribution in [0.3, 0.4) is 0 Å². The molecule has 78 valence electrons. The molecule has 0 fully saturated rings. The van der Waals surface area contributed by atoms with Gasteiger partial charge < -0.3 is 5.73 Å². The van der Waals surface area contributed by atoms with Crippen molar-refractivity contribution < 1.29 is 4.21 Å². The average molecular weight is 213 g/mol. The van der Waals surface area contributed by atoms with Crippen molar-refractivity contribution in [3.05, 3.63) is 17.8 Å². The number of aryl methyl sites for hydroxylation is 1. The SMILES string of the molecule is CCCS(=O)Nc1ncc(N)cc1C. The summed E-state index contributed by atoms with van der Waals surface area (Å²) >= 11 is 0. The number of pyridine rings is 1. The molecular formula is C9H15N3OS. The molecule has 5 heteroatoms. The number of nitrogen functional groups attached to an aromatic ring is 1. The van der Waals surface area contributed by atoms with E-state index in [1.165, 1.54) is 0 Å². The molecule has 1 rings (SSSR count). The van der Waals surface area contributed by atoms with Crippen LogP contribution in [0.15, 0.2) is 12.3 Å². The lowest BCUT2D eigenvalue weighted by Gasteiger charge is -2.07. The van der Waals surface area contributed by atoms with Gasteiger partial charge in [0.05, 0.1) is 11.9 Å². The Labute approximate surface area is 86.5 Å². The standard InChI is InChI=1S/C9H15N3OS/c1-3-4-14(13)12-9-7(2)5-8(10)6-11-9/h5-6H,3-4,10H2,1-2H3,(H,11,12). The molecule has 1 aromatic rings. The molecule has 3 N–H and O–H groups in total. The molecule has 4 nitrogen and oxygen atoms in total. The normalized spacial score (nSPS) is 12.4. The monoisotopic (exact) mass is 213 g/mol. The van der Waals surface area contributed by atoms with Crippen molar-refractivity contribution in [1.29, 1.82) is 0 Å². The van der Waals surface area contributed by atoms with E-state index in [0.717, 1.165) is 12.0 Å². The second-order valence-electron chi connectivity index (χ2n) is 3.09. The number of aromatic nitrogens is 1. The van der Waals surface area contributed by atoms with E-state index in [4.69, 9.17) is 5.73 Å². The molecule has 0 saturated heterocycles. The minimum absolute atomic E-state index is 0.620. The zero-order chi connectivity index (χ0) is 10.6. The first-order valence-corrected chi connectivity index (χ1v) is 5.82. The number of hydrogen-bond acceptors (Lipinski definition) is 3. The van der Waals surface area contributed by atoms with Crippen molar-refractivity contribution in [1.82, 2.24) is 4.98 Å². The lowest BCUT2D eigenvalue weighted by Crippen LogP contribution is -2.10. The summed E-state index contributed by atoms with van der Waals surface area (Å²) in [6.45, 7) is 3.87. The van der Waals surface area contributed by atoms with E-state index in [2.05, 4.69) is 9.71 Å². The third kappa shape index (κ3) is 2.99. The minimum Gasteiger partial charge on any atom is -0.397 e. The maximum absolute atomic E-state index is 11.4. The third-order valence-corrected chi connectivity index (χ3v) is 2.90. The summed E-state index contributed by atoms with van der Waals surface area (Å²) in [6, 6.07) is 1.80. The maximum atomic E-state index is 11.4. The van der Waals surface area contributed by atoms with Crippen molar-refractivity contribution in [3.8, 4) is 0 Å². The van der Waals surface area contributed by atoms with Crippen molar-refractivity contribution in [2.75, 3.05) is 16.2 Å². The first-order valence-electron chi connectivity index (χ1n) is 4.50. The highest BCUT2D eigenvalue weighted by atomic mass is 32.2. The fourth-order valence-electron chi connectivity index (χ4n) is 1.05. The highest BCUT2D eigenvalue weighted by molar-refractivity contribution is 7.86. The van der Waals surface area contributed by atoms with Crippen LogP contribution in [0.25, 0.3) is 0 Å². The molecule has 0 spiro atoms. The van der Waals surface area contributed by atoms with Crippen LogP contribution in [0.1, 0.15) is 18.9 Å². The van der Waals surface area contributed by atoms with Gasteiger partial charge in [0.15, 0.2) is 0 Å². The van der Waals surface area contributed by atoms with Gasteiger partial charge in [-0.05, 0) is 25.0 Å². The summed E-state index contributed by atoms with van der Waals surface area (Å²) in [6.07, 6.45) is 2.44. The van der Waals surface area contributed by atoms with Crippen LogP contribution in [-0.4, -0.2) is 14.9 Å². The first-order chi connectivity index (χ1) is 6.63. The average Bonchev–Trinajstić information content (AvgIpc) is 2.10. The van der Waals surface area contributed by atoms with Crippen molar-refractivity contribution in [2.45, 2.75) is 20.3 Å². The second kappa shape index (κ2) is 4.95. The number of nitrogens with one attached hydrogen (secondary N) is 1. The Bertz CT molecular complexity index is 341. The van der Waals surface area contributed by atoms with Gasteiger partial charge >= 0.3 is 0 Å². The quantitative estimate of drug-likeness (QED) is 0.795. The summed E-state index contributed by atoms with van der Waals surface area (Å²) in [5.74, 6) is 1.27. The molecular weight excluding hydrogens is 198 g/mol. The molecule has 1 aromatic heterocycles. The van der Waals surface area contributed by atoms with Crippen LogP contribution >= 0.6 is 0 Å². The fourth-order valence-corrected chi connectivity index (χ4v) is 1.95. The van der Waals surface area contributed by atoms with E-state index < -0.39 is 11.0 Å². The predicted molar refractivity (Wildman–Crippen MR) is 60.3 cm³/mol. The lowest BCUT2D eigenvalue weighted by atomic mass is 10.3. The van der Waals surface area contributed by atoms with Gasteiger partial charge in [-0.2, -0.15) is 0 Å². The zero-order valence-electron chi connectivity index (χ0n) is 8.41.